The summed E-state index contributed by atoms with van der Waals surface area (Å²) in [4.78, 5) is 0. The molecule has 2 unspecified atom stereocenters. The Morgan fingerprint density at radius 3 is 1.44 bits per heavy atom. The summed E-state index contributed by atoms with van der Waals surface area (Å²) < 4.78 is 64.5. The maximum absolute atomic E-state index is 14.0. The molecule has 0 fully saturated rings. The summed E-state index contributed by atoms with van der Waals surface area (Å²) in [5.74, 6) is 0. The van der Waals surface area contributed by atoms with Crippen molar-refractivity contribution < 1.29 is 16.8 Å². The summed E-state index contributed by atoms with van der Waals surface area (Å²) in [6, 6.07) is 0. The average Bonchev–Trinajstić information content (AvgIpc) is 1.98. The van der Waals surface area contributed by atoms with Crippen molar-refractivity contribution in [3.8, 4) is 0 Å². The van der Waals surface area contributed by atoms with E-state index in [1.165, 1.54) is 28.2 Å². The summed E-state index contributed by atoms with van der Waals surface area (Å²) in [7, 11) is -9.09. The van der Waals surface area contributed by atoms with Gasteiger partial charge in [0.2, 0.25) is 0 Å². The van der Waals surface area contributed by atoms with Crippen LogP contribution in [0.5, 0.6) is 0 Å². The monoisotopic (exact) mass is 299 g/mol. The van der Waals surface area contributed by atoms with Gasteiger partial charge in [0, 0.05) is 0 Å². The van der Waals surface area contributed by atoms with Gasteiger partial charge in [-0.15, -0.1) is 17.4 Å². The zero-order valence-corrected chi connectivity index (χ0v) is 11.8. The average molecular weight is 299 g/mol. The second-order valence-electron chi connectivity index (χ2n) is 3.41. The van der Waals surface area contributed by atoms with E-state index in [-0.39, 0.29) is 0 Å². The summed E-state index contributed by atoms with van der Waals surface area (Å²) in [5, 5.41) is 0. The molecule has 1 rings (SSSR count). The topological polar surface area (TPSA) is 43.6 Å². The standard InChI is InChI=1S/C4H12F4N5P3/c1-12(2)15(7)9-14(5,6)10-16(8,11-15)13(3)4/h1-4H3. The molecule has 2 atom stereocenters. The zero-order chi connectivity index (χ0) is 12.8. The van der Waals surface area contributed by atoms with Crippen LogP contribution in [0.25, 0.3) is 0 Å². The Balaban J connectivity index is 3.56. The molecule has 0 saturated carbocycles. The second kappa shape index (κ2) is 4.21. The Morgan fingerprint density at radius 2 is 1.06 bits per heavy atom. The quantitative estimate of drug-likeness (QED) is 0.541. The van der Waals surface area contributed by atoms with Crippen LogP contribution >= 0.6 is 23.2 Å². The first-order chi connectivity index (χ1) is 7.01. The van der Waals surface area contributed by atoms with Crippen molar-refractivity contribution in [3.05, 3.63) is 0 Å². The van der Waals surface area contributed by atoms with Crippen molar-refractivity contribution >= 4 is 23.2 Å². The van der Waals surface area contributed by atoms with Gasteiger partial charge in [-0.05, 0) is 28.2 Å². The van der Waals surface area contributed by atoms with Gasteiger partial charge < -0.3 is 0 Å². The molecule has 0 aromatic rings. The van der Waals surface area contributed by atoms with Crippen molar-refractivity contribution in [1.82, 2.24) is 9.34 Å². The minimum atomic E-state index is -5.27. The van der Waals surface area contributed by atoms with Crippen molar-refractivity contribution in [2.45, 2.75) is 0 Å². The van der Waals surface area contributed by atoms with Gasteiger partial charge in [-0.2, -0.15) is 12.9 Å². The Labute approximate surface area is 91.7 Å². The summed E-state index contributed by atoms with van der Waals surface area (Å²) >= 11 is 0. The fourth-order valence-corrected chi connectivity index (χ4v) is 8.10. The molecular formula is C4H12F4N5P3. The zero-order valence-electron chi connectivity index (χ0n) is 9.09. The van der Waals surface area contributed by atoms with Gasteiger partial charge in [-0.25, -0.2) is 9.34 Å². The van der Waals surface area contributed by atoms with E-state index in [0.717, 1.165) is 9.34 Å². The van der Waals surface area contributed by atoms with Crippen LogP contribution in [0, 0.1) is 0 Å². The lowest BCUT2D eigenvalue weighted by molar-refractivity contribution is 0.588. The highest BCUT2D eigenvalue weighted by Gasteiger charge is 2.41. The lowest BCUT2D eigenvalue weighted by Gasteiger charge is -2.27. The van der Waals surface area contributed by atoms with Gasteiger partial charge in [-0.1, -0.05) is 0 Å². The molecule has 5 nitrogen and oxygen atoms in total. The maximum Gasteiger partial charge on any atom is 0.423 e. The van der Waals surface area contributed by atoms with Crippen LogP contribution in [-0.2, 0) is 0 Å². The lowest BCUT2D eigenvalue weighted by Crippen LogP contribution is -2.08. The fraction of sp³-hybridized carbons (Fsp3) is 1.00. The Bertz CT molecular complexity index is 437. The predicted octanol–water partition coefficient (Wildman–Crippen LogP) is 4.84. The SMILES string of the molecule is CN(C)P1(F)=NP(F)(F)=NP(F)(N(C)C)=N1. The molecule has 0 N–H and O–H groups in total. The molecule has 0 aliphatic carbocycles. The number of nitrogens with zero attached hydrogens (tertiary/aromatic N) is 5. The molecule has 0 amide bonds. The molecule has 96 valence electrons. The first kappa shape index (κ1) is 14.4. The first-order valence-corrected chi connectivity index (χ1v) is 8.62. The van der Waals surface area contributed by atoms with Crippen molar-refractivity contribution in [1.29, 1.82) is 0 Å². The van der Waals surface area contributed by atoms with Gasteiger partial charge in [0.15, 0.2) is 0 Å². The first-order valence-electron chi connectivity index (χ1n) is 4.06. The minimum Gasteiger partial charge on any atom is -0.232 e. The minimum absolute atomic E-state index is 0.799. The van der Waals surface area contributed by atoms with Crippen LogP contribution < -0.4 is 0 Å². The van der Waals surface area contributed by atoms with Crippen LogP contribution in [0.15, 0.2) is 13.5 Å². The molecule has 12 heteroatoms. The highest BCUT2D eigenvalue weighted by Crippen LogP contribution is 2.81. The third-order valence-electron chi connectivity index (χ3n) is 1.69. The van der Waals surface area contributed by atoms with Crippen LogP contribution in [0.1, 0.15) is 0 Å². The van der Waals surface area contributed by atoms with Gasteiger partial charge in [0.25, 0.3) is 0 Å². The summed E-state index contributed by atoms with van der Waals surface area (Å²) in [6.45, 7) is 0. The normalized spacial score (nSPS) is 37.9. The van der Waals surface area contributed by atoms with E-state index in [0.29, 0.717) is 0 Å². The molecule has 0 aromatic carbocycles. The molecule has 1 heterocycles. The summed E-state index contributed by atoms with van der Waals surface area (Å²) in [6.07, 6.45) is 0. The molecular weight excluding hydrogens is 287 g/mol. The second-order valence-corrected chi connectivity index (χ2v) is 10.0. The molecule has 16 heavy (non-hydrogen) atoms. The largest absolute Gasteiger partial charge is 0.423 e. The van der Waals surface area contributed by atoms with Gasteiger partial charge in [-0.3, -0.25) is 0 Å². The highest BCUT2D eigenvalue weighted by molar-refractivity contribution is 7.79. The molecule has 1 aliphatic heterocycles. The number of hydrogen-bond acceptors (Lipinski definition) is 5. The van der Waals surface area contributed by atoms with Crippen LogP contribution in [-0.4, -0.2) is 37.5 Å². The summed E-state index contributed by atoms with van der Waals surface area (Å²) in [5.41, 5.74) is 0. The van der Waals surface area contributed by atoms with E-state index < -0.39 is 23.2 Å². The third-order valence-corrected chi connectivity index (χ3v) is 9.09. The number of rotatable bonds is 2. The van der Waals surface area contributed by atoms with E-state index in [4.69, 9.17) is 0 Å². The smallest absolute Gasteiger partial charge is 0.232 e. The fourth-order valence-electron chi connectivity index (χ4n) is 0.792. The van der Waals surface area contributed by atoms with Crippen LogP contribution in [0.2, 0.25) is 0 Å². The van der Waals surface area contributed by atoms with E-state index >= 15 is 0 Å². The number of hydrogen-bond donors (Lipinski definition) is 0. The Hall–Kier alpha value is 0.330. The molecule has 0 spiro atoms. The van der Waals surface area contributed by atoms with Crippen LogP contribution in [0.3, 0.4) is 0 Å². The van der Waals surface area contributed by atoms with E-state index in [9.17, 15) is 16.8 Å². The van der Waals surface area contributed by atoms with E-state index in [1.54, 1.807) is 0 Å². The van der Waals surface area contributed by atoms with Gasteiger partial charge >= 0.3 is 23.2 Å². The Kier molecular flexibility index (Phi) is 3.79. The highest BCUT2D eigenvalue weighted by atomic mass is 31.3. The molecule has 0 radical (unpaired) electrons. The molecule has 1 aliphatic rings. The van der Waals surface area contributed by atoms with Gasteiger partial charge in [0.05, 0.1) is 0 Å². The van der Waals surface area contributed by atoms with Crippen molar-refractivity contribution in [2.75, 3.05) is 28.2 Å². The van der Waals surface area contributed by atoms with E-state index in [1.807, 2.05) is 0 Å². The van der Waals surface area contributed by atoms with Crippen molar-refractivity contribution in [2.24, 2.45) is 13.5 Å². The maximum atomic E-state index is 14.0. The molecule has 0 bridgehead atoms. The van der Waals surface area contributed by atoms with Crippen LogP contribution in [0.4, 0.5) is 16.8 Å². The molecule has 0 aromatic heterocycles. The Morgan fingerprint density at radius 1 is 0.688 bits per heavy atom. The van der Waals surface area contributed by atoms with Crippen molar-refractivity contribution in [3.63, 3.8) is 0 Å². The molecule has 0 saturated heterocycles. The predicted molar refractivity (Wildman–Crippen MR) is 59.9 cm³/mol. The number of halogens is 4. The lowest BCUT2D eigenvalue weighted by atomic mass is 11.3. The van der Waals surface area contributed by atoms with E-state index in [2.05, 4.69) is 13.5 Å². The third kappa shape index (κ3) is 2.77. The van der Waals surface area contributed by atoms with Gasteiger partial charge in [0.1, 0.15) is 0 Å².